The Morgan fingerprint density at radius 2 is 1.94 bits per heavy atom. The van der Waals surface area contributed by atoms with Crippen molar-refractivity contribution in [1.82, 2.24) is 4.98 Å². The van der Waals surface area contributed by atoms with Crippen molar-refractivity contribution < 1.29 is 8.78 Å². The lowest BCUT2D eigenvalue weighted by atomic mass is 9.65. The second kappa shape index (κ2) is 3.51. The van der Waals surface area contributed by atoms with Gasteiger partial charge < -0.3 is 0 Å². The van der Waals surface area contributed by atoms with Gasteiger partial charge >= 0.3 is 0 Å². The van der Waals surface area contributed by atoms with Crippen molar-refractivity contribution in [2.75, 3.05) is 0 Å². The van der Waals surface area contributed by atoms with Crippen LogP contribution in [0.5, 0.6) is 0 Å². The molecule has 0 aromatic carbocycles. The van der Waals surface area contributed by atoms with Crippen molar-refractivity contribution in [1.29, 1.82) is 0 Å². The van der Waals surface area contributed by atoms with Crippen LogP contribution in [0.4, 0.5) is 8.78 Å². The molecule has 3 heteroatoms. The third kappa shape index (κ3) is 1.95. The molecule has 0 saturated heterocycles. The van der Waals surface area contributed by atoms with Gasteiger partial charge in [-0.2, -0.15) is 0 Å². The third-order valence-corrected chi connectivity index (χ3v) is 3.37. The first-order valence-corrected chi connectivity index (χ1v) is 5.67. The number of halogens is 2. The molecule has 1 fully saturated rings. The van der Waals surface area contributed by atoms with Gasteiger partial charge in [0, 0.05) is 30.1 Å². The number of aromatic nitrogens is 1. The highest BCUT2D eigenvalue weighted by atomic mass is 19.3. The maximum absolute atomic E-state index is 13.0. The topological polar surface area (TPSA) is 12.9 Å². The summed E-state index contributed by atoms with van der Waals surface area (Å²) in [7, 11) is 0. The maximum Gasteiger partial charge on any atom is 0.250 e. The number of nitrogens with zero attached hydrogens (tertiary/aromatic N) is 1. The quantitative estimate of drug-likeness (QED) is 0.744. The fourth-order valence-electron chi connectivity index (χ4n) is 2.41. The van der Waals surface area contributed by atoms with Gasteiger partial charge in [-0.3, -0.25) is 4.98 Å². The molecule has 88 valence electrons. The zero-order valence-corrected chi connectivity index (χ0v) is 9.93. The van der Waals surface area contributed by atoms with E-state index in [9.17, 15) is 8.78 Å². The van der Waals surface area contributed by atoms with E-state index in [0.717, 1.165) is 5.69 Å². The van der Waals surface area contributed by atoms with Crippen LogP contribution in [0.2, 0.25) is 0 Å². The summed E-state index contributed by atoms with van der Waals surface area (Å²) in [6.07, 6.45) is 1.58. The Hall–Kier alpha value is -0.990. The number of alkyl halides is 2. The Morgan fingerprint density at radius 3 is 2.44 bits per heavy atom. The van der Waals surface area contributed by atoms with Gasteiger partial charge in [0.05, 0.1) is 0 Å². The Balaban J connectivity index is 2.25. The smallest absolute Gasteiger partial charge is 0.250 e. The van der Waals surface area contributed by atoms with E-state index in [0.29, 0.717) is 5.92 Å². The molecule has 0 N–H and O–H groups in total. The molecule has 2 rings (SSSR count). The highest BCUT2D eigenvalue weighted by Gasteiger charge is 2.55. The summed E-state index contributed by atoms with van der Waals surface area (Å²) in [5.41, 5.74) is 1.54. The molecule has 1 aromatic rings. The lowest BCUT2D eigenvalue weighted by Gasteiger charge is -2.44. The molecular formula is C13H17F2N. The minimum Gasteiger partial charge on any atom is -0.261 e. The highest BCUT2D eigenvalue weighted by molar-refractivity contribution is 5.28. The Morgan fingerprint density at radius 1 is 1.31 bits per heavy atom. The van der Waals surface area contributed by atoms with Crippen LogP contribution in [0.15, 0.2) is 18.3 Å². The van der Waals surface area contributed by atoms with Crippen molar-refractivity contribution in [3.05, 3.63) is 29.6 Å². The van der Waals surface area contributed by atoms with Crippen molar-refractivity contribution in [3.8, 4) is 0 Å². The number of rotatable bonds is 2. The second-order valence-corrected chi connectivity index (χ2v) is 5.40. The number of hydrogen-bond acceptors (Lipinski definition) is 1. The normalized spacial score (nSPS) is 21.9. The summed E-state index contributed by atoms with van der Waals surface area (Å²) in [4.78, 5) is 4.25. The average Bonchev–Trinajstić information content (AvgIpc) is 2.15. The fraction of sp³-hybridized carbons (Fsp3) is 0.615. The summed E-state index contributed by atoms with van der Waals surface area (Å²) in [5, 5.41) is 0. The molecule has 1 aliphatic carbocycles. The van der Waals surface area contributed by atoms with Gasteiger partial charge in [0.15, 0.2) is 0 Å². The molecule has 0 unspecified atom stereocenters. The summed E-state index contributed by atoms with van der Waals surface area (Å²) in [5.74, 6) is -2.09. The summed E-state index contributed by atoms with van der Waals surface area (Å²) in [6, 6.07) is 3.92. The lowest BCUT2D eigenvalue weighted by Crippen LogP contribution is -2.47. The van der Waals surface area contributed by atoms with E-state index in [-0.39, 0.29) is 12.8 Å². The van der Waals surface area contributed by atoms with Crippen molar-refractivity contribution in [3.63, 3.8) is 0 Å². The van der Waals surface area contributed by atoms with Crippen LogP contribution in [0.25, 0.3) is 0 Å². The van der Waals surface area contributed by atoms with Crippen LogP contribution in [0.3, 0.4) is 0 Å². The van der Waals surface area contributed by atoms with E-state index in [1.807, 2.05) is 19.1 Å². The van der Waals surface area contributed by atoms with Crippen LogP contribution >= 0.6 is 0 Å². The fourth-order valence-corrected chi connectivity index (χ4v) is 2.41. The Labute approximate surface area is 94.9 Å². The van der Waals surface area contributed by atoms with Crippen molar-refractivity contribution >= 4 is 0 Å². The zero-order valence-electron chi connectivity index (χ0n) is 9.93. The van der Waals surface area contributed by atoms with Crippen LogP contribution in [-0.2, 0) is 5.41 Å². The van der Waals surface area contributed by atoms with Gasteiger partial charge in [0.2, 0.25) is 5.92 Å². The summed E-state index contributed by atoms with van der Waals surface area (Å²) in [6.45, 7) is 6.06. The van der Waals surface area contributed by atoms with Crippen LogP contribution < -0.4 is 0 Å². The third-order valence-electron chi connectivity index (χ3n) is 3.37. The molecular weight excluding hydrogens is 208 g/mol. The predicted octanol–water partition coefficient (Wildman–Crippen LogP) is 3.89. The molecule has 0 atom stereocenters. The highest BCUT2D eigenvalue weighted by Crippen LogP contribution is 2.52. The van der Waals surface area contributed by atoms with Gasteiger partial charge in [-0.05, 0) is 23.6 Å². The Kier molecular flexibility index (Phi) is 2.52. The summed E-state index contributed by atoms with van der Waals surface area (Å²) < 4.78 is 25.9. The van der Waals surface area contributed by atoms with Crippen molar-refractivity contribution in [2.24, 2.45) is 0 Å². The molecule has 0 radical (unpaired) electrons. The van der Waals surface area contributed by atoms with E-state index in [1.165, 1.54) is 5.56 Å². The zero-order chi connectivity index (χ0) is 12.0. The standard InChI is InChI=1S/C13H17F2N/c1-9(2)10-4-5-16-11(6-10)12(3)7-13(14,15)8-12/h4-6,9H,7-8H2,1-3H3. The molecule has 1 saturated carbocycles. The van der Waals surface area contributed by atoms with E-state index < -0.39 is 11.3 Å². The molecule has 1 aromatic heterocycles. The van der Waals surface area contributed by atoms with E-state index in [2.05, 4.69) is 18.8 Å². The van der Waals surface area contributed by atoms with Crippen LogP contribution in [-0.4, -0.2) is 10.9 Å². The SMILES string of the molecule is CC(C)c1ccnc(C2(C)CC(F)(F)C2)c1. The first-order chi connectivity index (χ1) is 7.32. The first-order valence-electron chi connectivity index (χ1n) is 5.67. The largest absolute Gasteiger partial charge is 0.261 e. The first kappa shape index (κ1) is 11.5. The predicted molar refractivity (Wildman–Crippen MR) is 59.9 cm³/mol. The lowest BCUT2D eigenvalue weighted by molar-refractivity contribution is -0.122. The second-order valence-electron chi connectivity index (χ2n) is 5.40. The van der Waals surface area contributed by atoms with Crippen LogP contribution in [0.1, 0.15) is 50.8 Å². The molecule has 1 aliphatic rings. The minimum absolute atomic E-state index is 0.0749. The molecule has 0 aliphatic heterocycles. The van der Waals surface area contributed by atoms with Gasteiger partial charge in [-0.1, -0.05) is 20.8 Å². The molecule has 0 spiro atoms. The van der Waals surface area contributed by atoms with Gasteiger partial charge in [0.25, 0.3) is 0 Å². The van der Waals surface area contributed by atoms with E-state index in [1.54, 1.807) is 6.20 Å². The minimum atomic E-state index is -2.50. The average molecular weight is 225 g/mol. The van der Waals surface area contributed by atoms with E-state index >= 15 is 0 Å². The number of pyridine rings is 1. The molecule has 1 heterocycles. The van der Waals surface area contributed by atoms with Gasteiger partial charge in [-0.15, -0.1) is 0 Å². The molecule has 16 heavy (non-hydrogen) atoms. The molecule has 0 bridgehead atoms. The van der Waals surface area contributed by atoms with Gasteiger partial charge in [-0.25, -0.2) is 8.78 Å². The van der Waals surface area contributed by atoms with Crippen molar-refractivity contribution in [2.45, 2.75) is 50.9 Å². The number of hydrogen-bond donors (Lipinski definition) is 0. The molecule has 0 amide bonds. The summed E-state index contributed by atoms with van der Waals surface area (Å²) >= 11 is 0. The molecule has 1 nitrogen and oxygen atoms in total. The van der Waals surface area contributed by atoms with Gasteiger partial charge in [0.1, 0.15) is 0 Å². The Bertz CT molecular complexity index is 391. The monoisotopic (exact) mass is 225 g/mol. The maximum atomic E-state index is 13.0. The van der Waals surface area contributed by atoms with E-state index in [4.69, 9.17) is 0 Å². The van der Waals surface area contributed by atoms with Crippen LogP contribution in [0, 0.1) is 0 Å².